The van der Waals surface area contributed by atoms with E-state index in [-0.39, 0.29) is 10.8 Å². The van der Waals surface area contributed by atoms with Crippen LogP contribution in [-0.2, 0) is 18.9 Å². The lowest BCUT2D eigenvalue weighted by atomic mass is 10.2. The first kappa shape index (κ1) is 38.3. The molecule has 0 aliphatic rings. The second-order valence-electron chi connectivity index (χ2n) is 9.96. The van der Waals surface area contributed by atoms with Crippen LogP contribution in [-0.4, -0.2) is 67.8 Å². The van der Waals surface area contributed by atoms with Crippen molar-refractivity contribution in [2.75, 3.05) is 37.9 Å². The third-order valence-electron chi connectivity index (χ3n) is 6.76. The zero-order valence-electron chi connectivity index (χ0n) is 25.4. The van der Waals surface area contributed by atoms with E-state index in [0.29, 0.717) is 0 Å². The molecule has 0 aromatic rings. The van der Waals surface area contributed by atoms with Gasteiger partial charge in [0.15, 0.2) is 0 Å². The predicted octanol–water partition coefficient (Wildman–Crippen LogP) is 8.36. The van der Waals surface area contributed by atoms with Crippen molar-refractivity contribution in [3.63, 3.8) is 0 Å². The van der Waals surface area contributed by atoms with Gasteiger partial charge in [-0.05, 0) is 35.5 Å². The largest absolute Gasteiger partial charge is 0.354 e. The van der Waals surface area contributed by atoms with Gasteiger partial charge in [-0.15, -0.1) is 0 Å². The van der Waals surface area contributed by atoms with Crippen LogP contribution in [0.15, 0.2) is 0 Å². The fourth-order valence-electron chi connectivity index (χ4n) is 4.07. The molecular weight excluding hydrogens is 553 g/mol. The average Bonchev–Trinajstić information content (AvgIpc) is 2.92. The van der Waals surface area contributed by atoms with Crippen molar-refractivity contribution in [3.8, 4) is 0 Å². The maximum absolute atomic E-state index is 6.44. The molecule has 0 aromatic carbocycles. The smallest absolute Gasteiger partial charge is 0.145 e. The summed E-state index contributed by atoms with van der Waals surface area (Å²) < 4.78 is 25.8. The molecule has 0 aliphatic heterocycles. The zero-order valence-corrected chi connectivity index (χ0v) is 30.7. The van der Waals surface area contributed by atoms with E-state index in [4.69, 9.17) is 18.9 Å². The molecular formula is C28H62O4S3Si2. The summed E-state index contributed by atoms with van der Waals surface area (Å²) in [5.74, 6) is 2.16. The van der Waals surface area contributed by atoms with E-state index in [2.05, 4.69) is 40.8 Å². The van der Waals surface area contributed by atoms with E-state index in [1.165, 1.54) is 51.4 Å². The van der Waals surface area contributed by atoms with Gasteiger partial charge in [0.25, 0.3) is 0 Å². The van der Waals surface area contributed by atoms with Crippen LogP contribution in [0.1, 0.15) is 118 Å². The van der Waals surface area contributed by atoms with E-state index in [9.17, 15) is 0 Å². The summed E-state index contributed by atoms with van der Waals surface area (Å²) in [6.07, 6.45) is 16.5. The van der Waals surface area contributed by atoms with Gasteiger partial charge >= 0.3 is 0 Å². The van der Waals surface area contributed by atoms with E-state index in [0.717, 1.165) is 76.5 Å². The van der Waals surface area contributed by atoms with Gasteiger partial charge in [-0.2, -0.15) is 0 Å². The molecule has 224 valence electrons. The maximum Gasteiger partial charge on any atom is 0.145 e. The fourth-order valence-corrected chi connectivity index (χ4v) is 11.0. The van der Waals surface area contributed by atoms with Crippen molar-refractivity contribution in [1.82, 2.24) is 0 Å². The zero-order chi connectivity index (χ0) is 27.5. The number of unbranched alkanes of at least 4 members (excludes halogenated alkanes) is 8. The van der Waals surface area contributed by atoms with Gasteiger partial charge in [0, 0.05) is 50.8 Å². The van der Waals surface area contributed by atoms with Gasteiger partial charge in [0.2, 0.25) is 0 Å². The number of rotatable bonds is 30. The average molecular weight is 615 g/mol. The first-order valence-electron chi connectivity index (χ1n) is 15.5. The summed E-state index contributed by atoms with van der Waals surface area (Å²) in [7, 11) is 4.97. The van der Waals surface area contributed by atoms with Crippen molar-refractivity contribution in [1.29, 1.82) is 0 Å². The lowest BCUT2D eigenvalue weighted by Gasteiger charge is -2.34. The van der Waals surface area contributed by atoms with Crippen LogP contribution in [0.2, 0.25) is 13.1 Å². The van der Waals surface area contributed by atoms with Gasteiger partial charge in [0.1, 0.15) is 10.8 Å². The number of ether oxygens (including phenoxy) is 4. The molecule has 9 heteroatoms. The monoisotopic (exact) mass is 614 g/mol. The van der Waals surface area contributed by atoms with Gasteiger partial charge in [-0.1, -0.05) is 114 Å². The molecule has 0 heterocycles. The highest BCUT2D eigenvalue weighted by Gasteiger charge is 2.31. The number of hydrogen-bond donors (Lipinski definition) is 0. The summed E-state index contributed by atoms with van der Waals surface area (Å²) in [4.78, 5) is 0. The minimum atomic E-state index is -0.440. The van der Waals surface area contributed by atoms with Crippen molar-refractivity contribution < 1.29 is 18.9 Å². The molecule has 0 atom stereocenters. The Labute approximate surface area is 247 Å². The molecule has 0 unspecified atom stereocenters. The molecule has 0 saturated carbocycles. The molecule has 4 nitrogen and oxygen atoms in total. The minimum absolute atomic E-state index is 0.276. The standard InChI is InChI=1S/C28H62O4S3Si2/c1-7-11-15-21-29-27(36-5,30-22-16-12-8-2)19-25-33-35-34-26-20-28(37-6,31-23-17-13-9-3)32-24-18-14-10-4/h7-26,36-37H2,1-6H3. The van der Waals surface area contributed by atoms with Gasteiger partial charge in [0.05, 0.1) is 19.0 Å². The minimum Gasteiger partial charge on any atom is -0.354 e. The predicted molar refractivity (Wildman–Crippen MR) is 178 cm³/mol. The summed E-state index contributed by atoms with van der Waals surface area (Å²) >= 11 is 0. The van der Waals surface area contributed by atoms with Gasteiger partial charge in [-0.3, -0.25) is 0 Å². The van der Waals surface area contributed by atoms with Crippen LogP contribution < -0.4 is 0 Å². The van der Waals surface area contributed by atoms with Gasteiger partial charge < -0.3 is 18.9 Å². The molecule has 0 radical (unpaired) electrons. The second kappa shape index (κ2) is 27.5. The quantitative estimate of drug-likeness (QED) is 0.0348. The Kier molecular flexibility index (Phi) is 28.5. The molecule has 0 bridgehead atoms. The van der Waals surface area contributed by atoms with Gasteiger partial charge in [-0.25, -0.2) is 0 Å². The van der Waals surface area contributed by atoms with Crippen molar-refractivity contribution in [2.24, 2.45) is 0 Å². The van der Waals surface area contributed by atoms with Crippen molar-refractivity contribution in [3.05, 3.63) is 0 Å². The Morgan fingerprint density at radius 1 is 0.486 bits per heavy atom. The first-order chi connectivity index (χ1) is 18.1. The highest BCUT2D eigenvalue weighted by molar-refractivity contribution is 9.09. The van der Waals surface area contributed by atoms with Crippen LogP contribution in [0.25, 0.3) is 0 Å². The summed E-state index contributed by atoms with van der Waals surface area (Å²) in [6.45, 7) is 17.1. The Morgan fingerprint density at radius 2 is 0.784 bits per heavy atom. The van der Waals surface area contributed by atoms with E-state index >= 15 is 0 Å². The summed E-state index contributed by atoms with van der Waals surface area (Å²) in [6, 6.07) is 0. The Bertz CT molecular complexity index is 415. The van der Waals surface area contributed by atoms with Crippen LogP contribution >= 0.6 is 31.4 Å². The first-order valence-corrected chi connectivity index (χ1v) is 23.6. The van der Waals surface area contributed by atoms with Crippen LogP contribution in [0.3, 0.4) is 0 Å². The van der Waals surface area contributed by atoms with E-state index in [1.807, 2.05) is 31.4 Å². The maximum atomic E-state index is 6.44. The molecule has 0 saturated heterocycles. The third-order valence-corrected chi connectivity index (χ3v) is 14.7. The molecule has 37 heavy (non-hydrogen) atoms. The van der Waals surface area contributed by atoms with Crippen LogP contribution in [0, 0.1) is 0 Å². The SMILES string of the molecule is CCCCCOC(CCSSSCCC(OCCCCC)(OCCCCC)[SiH2]C)(OCCCCC)[SiH2]C. The van der Waals surface area contributed by atoms with Crippen molar-refractivity contribution >= 4 is 50.5 Å². The van der Waals surface area contributed by atoms with E-state index < -0.39 is 19.0 Å². The molecule has 0 fully saturated rings. The highest BCUT2D eigenvalue weighted by Crippen LogP contribution is 2.38. The Morgan fingerprint density at radius 3 is 1.03 bits per heavy atom. The molecule has 0 aliphatic carbocycles. The molecule has 0 spiro atoms. The van der Waals surface area contributed by atoms with Crippen LogP contribution in [0.4, 0.5) is 0 Å². The lowest BCUT2D eigenvalue weighted by molar-refractivity contribution is -0.183. The summed E-state index contributed by atoms with van der Waals surface area (Å²) in [5.41, 5.74) is -0.553. The number of hydrogen-bond acceptors (Lipinski definition) is 7. The molecule has 0 N–H and O–H groups in total. The Balaban J connectivity index is 4.55. The molecule has 0 rings (SSSR count). The lowest BCUT2D eigenvalue weighted by Crippen LogP contribution is -2.42. The third kappa shape index (κ3) is 20.8. The highest BCUT2D eigenvalue weighted by atomic mass is 33.5. The second-order valence-corrected chi connectivity index (χ2v) is 18.0. The van der Waals surface area contributed by atoms with E-state index in [1.54, 1.807) is 0 Å². The molecule has 0 aromatic heterocycles. The molecule has 0 amide bonds. The van der Waals surface area contributed by atoms with Crippen molar-refractivity contribution in [2.45, 2.75) is 142 Å². The summed E-state index contributed by atoms with van der Waals surface area (Å²) in [5, 5.41) is 0. The van der Waals surface area contributed by atoms with Crippen LogP contribution in [0.5, 0.6) is 0 Å². The Hall–Kier alpha value is 1.32. The fraction of sp³-hybridized carbons (Fsp3) is 1.00. The normalized spacial score (nSPS) is 13.1. The topological polar surface area (TPSA) is 36.9 Å².